The molecular formula is C27H43BrN2. The largest absolute Gasteiger partial charge is 0.334 e. The van der Waals surface area contributed by atoms with E-state index in [1.807, 2.05) is 61.6 Å². The summed E-state index contributed by atoms with van der Waals surface area (Å²) in [6.45, 7) is 18.4. The SMILES string of the molecule is C/C=C(\C)Br.C/C=C\C/C=C/c1nc(-c2ccc(C(C)C)cc2)cn1C.CC.CC. The van der Waals surface area contributed by atoms with Gasteiger partial charge in [0.15, 0.2) is 0 Å². The highest BCUT2D eigenvalue weighted by Gasteiger charge is 2.06. The lowest BCUT2D eigenvalue weighted by molar-refractivity contribution is 0.867. The Morgan fingerprint density at radius 3 is 2.00 bits per heavy atom. The Kier molecular flexibility index (Phi) is 19.3. The molecule has 0 atom stereocenters. The maximum atomic E-state index is 4.70. The molecule has 2 nitrogen and oxygen atoms in total. The van der Waals surface area contributed by atoms with E-state index in [4.69, 9.17) is 4.98 Å². The summed E-state index contributed by atoms with van der Waals surface area (Å²) in [6.07, 6.45) is 13.4. The van der Waals surface area contributed by atoms with Gasteiger partial charge in [-0.2, -0.15) is 0 Å². The molecule has 0 fully saturated rings. The van der Waals surface area contributed by atoms with Crippen molar-refractivity contribution in [3.8, 4) is 11.3 Å². The van der Waals surface area contributed by atoms with E-state index in [0.717, 1.165) is 17.9 Å². The fraction of sp³-hybridized carbons (Fsp3) is 0.444. The molecule has 0 amide bonds. The standard InChI is InChI=1S/C19H24N2.C4H7Br.2C2H6/c1-5-6-7-8-9-19-20-18(14-21(19)4)17-12-10-16(11-13-17)15(2)3;1-3-4(2)5;2*1-2/h5-6,8-15H,7H2,1-4H3;3H,1-2H3;2*1-2H3/b6-5-,9-8+;4-3+;;. The van der Waals surface area contributed by atoms with E-state index in [-0.39, 0.29) is 0 Å². The minimum Gasteiger partial charge on any atom is -0.334 e. The van der Waals surface area contributed by atoms with Crippen LogP contribution in [0.2, 0.25) is 0 Å². The summed E-state index contributed by atoms with van der Waals surface area (Å²) in [5.74, 6) is 1.55. The Balaban J connectivity index is 0. The van der Waals surface area contributed by atoms with Gasteiger partial charge in [-0.25, -0.2) is 4.98 Å². The lowest BCUT2D eigenvalue weighted by atomic mass is 10.0. The molecule has 3 heteroatoms. The molecule has 0 aliphatic heterocycles. The maximum Gasteiger partial charge on any atom is 0.132 e. The van der Waals surface area contributed by atoms with Crippen LogP contribution in [0.25, 0.3) is 17.3 Å². The van der Waals surface area contributed by atoms with Crippen LogP contribution in [0, 0.1) is 0 Å². The van der Waals surface area contributed by atoms with Gasteiger partial charge in [0.25, 0.3) is 0 Å². The van der Waals surface area contributed by atoms with Gasteiger partial charge < -0.3 is 4.57 Å². The molecule has 168 valence electrons. The molecule has 0 aliphatic carbocycles. The summed E-state index contributed by atoms with van der Waals surface area (Å²) in [5, 5.41) is 0. The van der Waals surface area contributed by atoms with E-state index < -0.39 is 0 Å². The quantitative estimate of drug-likeness (QED) is 0.394. The zero-order valence-corrected chi connectivity index (χ0v) is 22.4. The molecule has 0 radical (unpaired) electrons. The third kappa shape index (κ3) is 12.6. The van der Waals surface area contributed by atoms with Crippen LogP contribution in [0.4, 0.5) is 0 Å². The minimum absolute atomic E-state index is 0.563. The highest BCUT2D eigenvalue weighted by Crippen LogP contribution is 2.22. The van der Waals surface area contributed by atoms with Crippen LogP contribution in [0.1, 0.15) is 86.0 Å². The van der Waals surface area contributed by atoms with Crippen LogP contribution < -0.4 is 0 Å². The van der Waals surface area contributed by atoms with Gasteiger partial charge in [-0.15, -0.1) is 0 Å². The molecule has 2 aromatic rings. The topological polar surface area (TPSA) is 17.8 Å². The van der Waals surface area contributed by atoms with E-state index in [0.29, 0.717) is 5.92 Å². The Bertz CT molecular complexity index is 744. The summed E-state index contributed by atoms with van der Waals surface area (Å²) in [4.78, 5) is 4.70. The molecule has 1 aromatic carbocycles. The third-order valence-corrected chi connectivity index (χ3v) is 4.42. The molecule has 0 saturated heterocycles. The molecule has 0 saturated carbocycles. The summed E-state index contributed by atoms with van der Waals surface area (Å²) in [6, 6.07) is 8.70. The first-order valence-corrected chi connectivity index (χ1v) is 11.9. The Hall–Kier alpha value is -1.87. The molecule has 30 heavy (non-hydrogen) atoms. The van der Waals surface area contributed by atoms with Gasteiger partial charge >= 0.3 is 0 Å². The van der Waals surface area contributed by atoms with Crippen LogP contribution in [-0.2, 0) is 7.05 Å². The zero-order valence-electron chi connectivity index (χ0n) is 20.8. The van der Waals surface area contributed by atoms with Crippen LogP contribution in [0.15, 0.2) is 59.2 Å². The van der Waals surface area contributed by atoms with Gasteiger partial charge in [-0.05, 0) is 49.2 Å². The van der Waals surface area contributed by atoms with Crippen LogP contribution in [0.5, 0.6) is 0 Å². The van der Waals surface area contributed by atoms with Crippen molar-refractivity contribution in [3.63, 3.8) is 0 Å². The number of benzene rings is 1. The second-order valence-corrected chi connectivity index (χ2v) is 7.71. The fourth-order valence-electron chi connectivity index (χ4n) is 2.20. The number of aryl methyl sites for hydroxylation is 1. The predicted octanol–water partition coefficient (Wildman–Crippen LogP) is 9.55. The molecule has 0 bridgehead atoms. The molecule has 0 spiro atoms. The van der Waals surface area contributed by atoms with Gasteiger partial charge in [0, 0.05) is 18.8 Å². The predicted molar refractivity (Wildman–Crippen MR) is 142 cm³/mol. The normalized spacial score (nSPS) is 10.9. The Labute approximate surface area is 195 Å². The number of rotatable bonds is 5. The summed E-state index contributed by atoms with van der Waals surface area (Å²) in [5.41, 5.74) is 3.56. The van der Waals surface area contributed by atoms with Gasteiger partial charge in [-0.1, -0.05) is 106 Å². The van der Waals surface area contributed by atoms with Crippen molar-refractivity contribution >= 4 is 22.0 Å². The fourth-order valence-corrected chi connectivity index (χ4v) is 2.20. The monoisotopic (exact) mass is 474 g/mol. The molecule has 0 N–H and O–H groups in total. The number of allylic oxidation sites excluding steroid dienone is 5. The van der Waals surface area contributed by atoms with Crippen molar-refractivity contribution in [2.45, 2.75) is 74.7 Å². The van der Waals surface area contributed by atoms with Crippen molar-refractivity contribution in [1.82, 2.24) is 9.55 Å². The molecule has 2 rings (SSSR count). The van der Waals surface area contributed by atoms with Crippen molar-refractivity contribution in [2.75, 3.05) is 0 Å². The Morgan fingerprint density at radius 2 is 1.57 bits per heavy atom. The first kappa shape index (κ1) is 30.3. The maximum absolute atomic E-state index is 4.70. The minimum atomic E-state index is 0.563. The number of hydrogen-bond donors (Lipinski definition) is 0. The van der Waals surface area contributed by atoms with Crippen LogP contribution >= 0.6 is 15.9 Å². The first-order valence-electron chi connectivity index (χ1n) is 11.1. The van der Waals surface area contributed by atoms with E-state index in [9.17, 15) is 0 Å². The summed E-state index contributed by atoms with van der Waals surface area (Å²) < 4.78 is 3.26. The van der Waals surface area contributed by atoms with Gasteiger partial charge in [0.1, 0.15) is 5.82 Å². The highest BCUT2D eigenvalue weighted by molar-refractivity contribution is 9.11. The summed E-state index contributed by atoms with van der Waals surface area (Å²) >= 11 is 3.23. The van der Waals surface area contributed by atoms with E-state index >= 15 is 0 Å². The highest BCUT2D eigenvalue weighted by atomic mass is 79.9. The van der Waals surface area contributed by atoms with E-state index in [2.05, 4.69) is 89.1 Å². The number of imidazole rings is 1. The van der Waals surface area contributed by atoms with Crippen molar-refractivity contribution in [1.29, 1.82) is 0 Å². The van der Waals surface area contributed by atoms with Crippen LogP contribution in [-0.4, -0.2) is 9.55 Å². The Morgan fingerprint density at radius 1 is 1.03 bits per heavy atom. The van der Waals surface area contributed by atoms with Gasteiger partial charge in [0.05, 0.1) is 5.69 Å². The molecule has 1 aromatic heterocycles. The number of hydrogen-bond acceptors (Lipinski definition) is 1. The molecule has 1 heterocycles. The summed E-state index contributed by atoms with van der Waals surface area (Å²) in [7, 11) is 2.04. The van der Waals surface area contributed by atoms with Crippen molar-refractivity contribution in [3.05, 3.63) is 70.6 Å². The average molecular weight is 476 g/mol. The average Bonchev–Trinajstić information content (AvgIpc) is 3.15. The van der Waals surface area contributed by atoms with E-state index in [1.165, 1.54) is 15.6 Å². The van der Waals surface area contributed by atoms with Gasteiger partial charge in [-0.3, -0.25) is 0 Å². The smallest absolute Gasteiger partial charge is 0.132 e. The second-order valence-electron chi connectivity index (χ2n) is 6.45. The van der Waals surface area contributed by atoms with Crippen molar-refractivity contribution < 1.29 is 0 Å². The molecular weight excluding hydrogens is 432 g/mol. The number of halogens is 1. The van der Waals surface area contributed by atoms with Gasteiger partial charge in [0.2, 0.25) is 0 Å². The lowest BCUT2D eigenvalue weighted by Gasteiger charge is -2.05. The second kappa shape index (κ2) is 19.1. The molecule has 0 aliphatic rings. The first-order chi connectivity index (χ1) is 14.4. The number of aromatic nitrogens is 2. The molecule has 0 unspecified atom stereocenters. The van der Waals surface area contributed by atoms with Crippen molar-refractivity contribution in [2.24, 2.45) is 7.05 Å². The third-order valence-electron chi connectivity index (χ3n) is 3.96. The van der Waals surface area contributed by atoms with E-state index in [1.54, 1.807) is 0 Å². The van der Waals surface area contributed by atoms with Crippen LogP contribution in [0.3, 0.4) is 0 Å². The lowest BCUT2D eigenvalue weighted by Crippen LogP contribution is -1.88. The number of nitrogens with zero attached hydrogens (tertiary/aromatic N) is 2. The zero-order chi connectivity index (χ0) is 23.5.